The van der Waals surface area contributed by atoms with Crippen molar-refractivity contribution in [3.05, 3.63) is 36.2 Å². The van der Waals surface area contributed by atoms with E-state index in [2.05, 4.69) is 10.3 Å². The summed E-state index contributed by atoms with van der Waals surface area (Å²) >= 11 is 0. The second-order valence-electron chi connectivity index (χ2n) is 7.13. The maximum absolute atomic E-state index is 12.8. The van der Waals surface area contributed by atoms with Gasteiger partial charge in [0.05, 0.1) is 30.9 Å². The van der Waals surface area contributed by atoms with Gasteiger partial charge in [-0.15, -0.1) is 5.10 Å². The van der Waals surface area contributed by atoms with Gasteiger partial charge in [-0.05, 0) is 49.4 Å². The lowest BCUT2D eigenvalue weighted by Crippen LogP contribution is -2.29. The van der Waals surface area contributed by atoms with Crippen LogP contribution in [0.3, 0.4) is 0 Å². The second-order valence-corrected chi connectivity index (χ2v) is 9.07. The highest BCUT2D eigenvalue weighted by Gasteiger charge is 2.34. The van der Waals surface area contributed by atoms with Crippen LogP contribution in [0, 0.1) is 5.92 Å². The molecule has 1 aliphatic carbocycles. The molecule has 0 radical (unpaired) electrons. The van der Waals surface area contributed by atoms with Crippen LogP contribution in [0.15, 0.2) is 35.4 Å². The van der Waals surface area contributed by atoms with Crippen molar-refractivity contribution in [2.75, 3.05) is 26.8 Å². The summed E-state index contributed by atoms with van der Waals surface area (Å²) in [6, 6.07) is 6.46. The molecule has 2 fully saturated rings. The first kappa shape index (κ1) is 18.4. The van der Waals surface area contributed by atoms with E-state index in [1.807, 2.05) is 6.20 Å². The van der Waals surface area contributed by atoms with Crippen LogP contribution in [0.1, 0.15) is 31.0 Å². The summed E-state index contributed by atoms with van der Waals surface area (Å²) in [6.07, 6.45) is 5.09. The van der Waals surface area contributed by atoms with Crippen molar-refractivity contribution in [3.63, 3.8) is 0 Å². The van der Waals surface area contributed by atoms with Gasteiger partial charge in [0.2, 0.25) is 10.0 Å². The largest absolute Gasteiger partial charge is 0.497 e. The number of hydrogen-bond donors (Lipinski definition) is 0. The van der Waals surface area contributed by atoms with E-state index in [9.17, 15) is 8.42 Å². The third-order valence-corrected chi connectivity index (χ3v) is 6.93. The van der Waals surface area contributed by atoms with Gasteiger partial charge in [0.1, 0.15) is 11.4 Å². The van der Waals surface area contributed by atoms with E-state index in [1.54, 1.807) is 36.1 Å². The van der Waals surface area contributed by atoms with Crippen LogP contribution in [-0.2, 0) is 21.4 Å². The van der Waals surface area contributed by atoms with Gasteiger partial charge in [-0.2, -0.15) is 4.31 Å². The second kappa shape index (κ2) is 7.57. The molecule has 4 rings (SSSR count). The van der Waals surface area contributed by atoms with Crippen molar-refractivity contribution in [1.29, 1.82) is 0 Å². The van der Waals surface area contributed by atoms with Crippen molar-refractivity contribution >= 4 is 10.0 Å². The molecule has 0 amide bonds. The smallest absolute Gasteiger partial charge is 0.243 e. The van der Waals surface area contributed by atoms with Crippen LogP contribution in [0.2, 0.25) is 0 Å². The molecule has 9 heteroatoms. The van der Waals surface area contributed by atoms with Crippen LogP contribution in [0.25, 0.3) is 0 Å². The van der Waals surface area contributed by atoms with Crippen molar-refractivity contribution in [2.24, 2.45) is 5.92 Å². The predicted molar refractivity (Wildman–Crippen MR) is 97.8 cm³/mol. The molecule has 1 aliphatic heterocycles. The Bertz CT molecular complexity index is 877. The highest BCUT2D eigenvalue weighted by Crippen LogP contribution is 2.29. The molecule has 2 heterocycles. The van der Waals surface area contributed by atoms with Crippen LogP contribution in [0.4, 0.5) is 0 Å². The van der Waals surface area contributed by atoms with Gasteiger partial charge in [-0.3, -0.25) is 0 Å². The molecule has 1 saturated heterocycles. The molecule has 0 N–H and O–H groups in total. The number of methoxy groups -OCH3 is 1. The summed E-state index contributed by atoms with van der Waals surface area (Å²) in [5.41, 5.74) is 0.784. The Kier molecular flexibility index (Phi) is 5.16. The zero-order chi connectivity index (χ0) is 18.9. The maximum atomic E-state index is 12.8. The number of benzene rings is 1. The summed E-state index contributed by atoms with van der Waals surface area (Å²) in [5.74, 6) is 1.35. The van der Waals surface area contributed by atoms with Crippen LogP contribution < -0.4 is 4.74 Å². The SMILES string of the molecule is COc1ccc(S(=O)(=O)N2CCC(n3cc(COCC4CC4)nn3)C2)cc1. The molecule has 1 saturated carbocycles. The van der Waals surface area contributed by atoms with Gasteiger partial charge in [0, 0.05) is 19.7 Å². The minimum Gasteiger partial charge on any atom is -0.497 e. The fraction of sp³-hybridized carbons (Fsp3) is 0.556. The minimum atomic E-state index is -3.52. The van der Waals surface area contributed by atoms with Gasteiger partial charge < -0.3 is 9.47 Å². The Morgan fingerprint density at radius 3 is 2.67 bits per heavy atom. The molecule has 2 aromatic rings. The molecule has 1 aromatic heterocycles. The minimum absolute atomic E-state index is 0.0114. The molecular weight excluding hydrogens is 368 g/mol. The topological polar surface area (TPSA) is 86.6 Å². The van der Waals surface area contributed by atoms with Gasteiger partial charge in [0.15, 0.2) is 0 Å². The Morgan fingerprint density at radius 1 is 1.19 bits per heavy atom. The van der Waals surface area contributed by atoms with E-state index in [0.717, 1.165) is 12.3 Å². The van der Waals surface area contributed by atoms with E-state index in [-0.39, 0.29) is 10.9 Å². The highest BCUT2D eigenvalue weighted by molar-refractivity contribution is 7.89. The first-order valence-electron chi connectivity index (χ1n) is 9.19. The van der Waals surface area contributed by atoms with Crippen LogP contribution in [-0.4, -0.2) is 54.5 Å². The number of hydrogen-bond acceptors (Lipinski definition) is 6. The number of rotatable bonds is 8. The molecule has 2 aliphatic rings. The van der Waals surface area contributed by atoms with Crippen molar-refractivity contribution in [3.8, 4) is 5.75 Å². The zero-order valence-corrected chi connectivity index (χ0v) is 16.1. The van der Waals surface area contributed by atoms with Gasteiger partial charge >= 0.3 is 0 Å². The van der Waals surface area contributed by atoms with Crippen molar-refractivity contribution in [1.82, 2.24) is 19.3 Å². The van der Waals surface area contributed by atoms with Crippen molar-refractivity contribution in [2.45, 2.75) is 36.8 Å². The van der Waals surface area contributed by atoms with Gasteiger partial charge in [0.25, 0.3) is 0 Å². The summed E-state index contributed by atoms with van der Waals surface area (Å²) in [6.45, 7) is 2.09. The molecule has 8 nitrogen and oxygen atoms in total. The van der Waals surface area contributed by atoms with E-state index in [4.69, 9.17) is 9.47 Å². The number of nitrogens with zero attached hydrogens (tertiary/aromatic N) is 4. The summed E-state index contributed by atoms with van der Waals surface area (Å²) in [7, 11) is -1.97. The molecular formula is C18H24N4O4S. The summed E-state index contributed by atoms with van der Waals surface area (Å²) in [4.78, 5) is 0.275. The van der Waals surface area contributed by atoms with Crippen LogP contribution >= 0.6 is 0 Å². The average molecular weight is 392 g/mol. The molecule has 1 unspecified atom stereocenters. The third-order valence-electron chi connectivity index (χ3n) is 5.06. The first-order valence-corrected chi connectivity index (χ1v) is 10.6. The predicted octanol–water partition coefficient (Wildman–Crippen LogP) is 1.85. The molecule has 1 aromatic carbocycles. The monoisotopic (exact) mass is 392 g/mol. The summed E-state index contributed by atoms with van der Waals surface area (Å²) in [5, 5.41) is 8.32. The number of ether oxygens (including phenoxy) is 2. The highest BCUT2D eigenvalue weighted by atomic mass is 32.2. The molecule has 1 atom stereocenters. The van der Waals surface area contributed by atoms with E-state index in [1.165, 1.54) is 17.1 Å². The average Bonchev–Trinajstić information content (AvgIpc) is 3.17. The fourth-order valence-corrected chi connectivity index (χ4v) is 4.71. The maximum Gasteiger partial charge on any atom is 0.243 e. The van der Waals surface area contributed by atoms with Gasteiger partial charge in [-0.25, -0.2) is 13.1 Å². The molecule has 0 spiro atoms. The third kappa shape index (κ3) is 4.15. The fourth-order valence-electron chi connectivity index (χ4n) is 3.21. The lowest BCUT2D eigenvalue weighted by atomic mass is 10.3. The van der Waals surface area contributed by atoms with E-state index >= 15 is 0 Å². The Balaban J connectivity index is 1.38. The Hall–Kier alpha value is -1.97. The first-order chi connectivity index (χ1) is 13.1. The standard InChI is InChI=1S/C18H24N4O4S/c1-25-17-4-6-18(7-5-17)27(23,24)21-9-8-16(11-21)22-10-15(19-20-22)13-26-12-14-2-3-14/h4-7,10,14,16H,2-3,8-9,11-13H2,1H3. The number of aromatic nitrogens is 3. The molecule has 146 valence electrons. The number of sulfonamides is 1. The van der Waals surface area contributed by atoms with Crippen molar-refractivity contribution < 1.29 is 17.9 Å². The van der Waals surface area contributed by atoms with Gasteiger partial charge in [-0.1, -0.05) is 5.21 Å². The Labute approximate surface area is 159 Å². The summed E-state index contributed by atoms with van der Waals surface area (Å²) < 4.78 is 39.7. The lowest BCUT2D eigenvalue weighted by Gasteiger charge is -2.16. The lowest BCUT2D eigenvalue weighted by molar-refractivity contribution is 0.108. The van der Waals surface area contributed by atoms with E-state index in [0.29, 0.717) is 37.8 Å². The van der Waals surface area contributed by atoms with Crippen LogP contribution in [0.5, 0.6) is 5.75 Å². The van der Waals surface area contributed by atoms with E-state index < -0.39 is 10.0 Å². The zero-order valence-electron chi connectivity index (χ0n) is 15.3. The molecule has 0 bridgehead atoms. The normalized spacial score (nSPS) is 20.9. The quantitative estimate of drug-likeness (QED) is 0.681. The Morgan fingerprint density at radius 2 is 1.96 bits per heavy atom. The molecule has 27 heavy (non-hydrogen) atoms.